The van der Waals surface area contributed by atoms with Gasteiger partial charge in [-0.15, -0.1) is 11.3 Å². The fraction of sp³-hybridized carbons (Fsp3) is 0.250. The molecule has 2 aromatic rings. The van der Waals surface area contributed by atoms with Crippen LogP contribution in [-0.4, -0.2) is 15.9 Å². The zero-order chi connectivity index (χ0) is 11.7. The lowest BCUT2D eigenvalue weighted by Crippen LogP contribution is -2.11. The fourth-order valence-electron chi connectivity index (χ4n) is 1.92. The topological polar surface area (TPSA) is 54.9 Å². The molecule has 0 aromatic carbocycles. The third-order valence-electron chi connectivity index (χ3n) is 2.76. The molecular formula is C12H11N3OS. The van der Waals surface area contributed by atoms with Crippen LogP contribution in [0.3, 0.4) is 0 Å². The molecule has 2 aromatic heterocycles. The number of rotatable bonds is 2. The number of carbonyl (C=O) groups is 1. The molecule has 1 aliphatic rings. The largest absolute Gasteiger partial charge is 0.298 e. The van der Waals surface area contributed by atoms with E-state index in [1.165, 1.54) is 11.3 Å². The van der Waals surface area contributed by atoms with E-state index < -0.39 is 0 Å². The van der Waals surface area contributed by atoms with Gasteiger partial charge in [-0.1, -0.05) is 0 Å². The average Bonchev–Trinajstić information content (AvgIpc) is 2.90. The number of hydrogen-bond donors (Lipinski definition) is 1. The zero-order valence-corrected chi connectivity index (χ0v) is 9.96. The van der Waals surface area contributed by atoms with E-state index in [1.54, 1.807) is 35.9 Å². The number of hydrogen-bond acceptors (Lipinski definition) is 4. The summed E-state index contributed by atoms with van der Waals surface area (Å²) in [7, 11) is 0. The predicted molar refractivity (Wildman–Crippen MR) is 66.3 cm³/mol. The van der Waals surface area contributed by atoms with Crippen molar-refractivity contribution in [2.75, 3.05) is 5.32 Å². The van der Waals surface area contributed by atoms with Gasteiger partial charge in [-0.25, -0.2) is 4.98 Å². The van der Waals surface area contributed by atoms with Gasteiger partial charge in [-0.05, 0) is 31.4 Å². The summed E-state index contributed by atoms with van der Waals surface area (Å²) in [5.41, 5.74) is 1.76. The average molecular weight is 245 g/mol. The molecule has 0 saturated heterocycles. The van der Waals surface area contributed by atoms with Gasteiger partial charge in [0.2, 0.25) is 0 Å². The van der Waals surface area contributed by atoms with Crippen LogP contribution < -0.4 is 5.32 Å². The Hall–Kier alpha value is -1.75. The molecule has 86 valence electrons. The van der Waals surface area contributed by atoms with Crippen LogP contribution in [-0.2, 0) is 12.8 Å². The van der Waals surface area contributed by atoms with E-state index >= 15 is 0 Å². The van der Waals surface area contributed by atoms with Crippen LogP contribution >= 0.6 is 11.3 Å². The van der Waals surface area contributed by atoms with Crippen molar-refractivity contribution >= 4 is 22.4 Å². The molecule has 17 heavy (non-hydrogen) atoms. The number of nitrogens with zero attached hydrogens (tertiary/aromatic N) is 2. The molecule has 0 fully saturated rings. The van der Waals surface area contributed by atoms with E-state index in [0.717, 1.165) is 18.5 Å². The zero-order valence-electron chi connectivity index (χ0n) is 9.14. The second-order valence-electron chi connectivity index (χ2n) is 3.93. The first-order chi connectivity index (χ1) is 8.33. The summed E-state index contributed by atoms with van der Waals surface area (Å²) in [6.07, 6.45) is 6.54. The molecule has 5 heteroatoms. The third kappa shape index (κ3) is 2.06. The molecule has 1 aliphatic carbocycles. The Bertz CT molecular complexity index is 529. The van der Waals surface area contributed by atoms with Crippen LogP contribution in [0.1, 0.15) is 27.3 Å². The van der Waals surface area contributed by atoms with E-state index in [2.05, 4.69) is 15.3 Å². The first-order valence-corrected chi connectivity index (χ1v) is 6.34. The maximum atomic E-state index is 11.9. The standard InChI is InChI=1S/C12H11N3OS/c16-11(8-4-6-13-7-5-8)15-12-14-9-2-1-3-10(9)17-12/h4-7H,1-3H2,(H,14,15,16). The molecule has 0 bridgehead atoms. The van der Waals surface area contributed by atoms with Crippen molar-refractivity contribution in [1.82, 2.24) is 9.97 Å². The first kappa shape index (κ1) is 10.4. The summed E-state index contributed by atoms with van der Waals surface area (Å²) in [5.74, 6) is -0.125. The van der Waals surface area contributed by atoms with Crippen molar-refractivity contribution in [2.45, 2.75) is 19.3 Å². The fourth-order valence-corrected chi connectivity index (χ4v) is 2.96. The van der Waals surface area contributed by atoms with Crippen LogP contribution in [0.4, 0.5) is 5.13 Å². The molecule has 0 atom stereocenters. The van der Waals surface area contributed by atoms with Gasteiger partial charge in [0.15, 0.2) is 5.13 Å². The van der Waals surface area contributed by atoms with E-state index in [4.69, 9.17) is 0 Å². The molecule has 3 rings (SSSR count). The monoisotopic (exact) mass is 245 g/mol. The van der Waals surface area contributed by atoms with Crippen molar-refractivity contribution in [1.29, 1.82) is 0 Å². The Labute approximate surface area is 103 Å². The number of aryl methyl sites for hydroxylation is 2. The lowest BCUT2D eigenvalue weighted by atomic mass is 10.2. The minimum absolute atomic E-state index is 0.125. The van der Waals surface area contributed by atoms with Crippen LogP contribution in [0, 0.1) is 0 Å². The lowest BCUT2D eigenvalue weighted by Gasteiger charge is -2.00. The van der Waals surface area contributed by atoms with Crippen molar-refractivity contribution in [2.24, 2.45) is 0 Å². The minimum Gasteiger partial charge on any atom is -0.298 e. The van der Waals surface area contributed by atoms with Crippen LogP contribution in [0.2, 0.25) is 0 Å². The number of thiazole rings is 1. The second kappa shape index (κ2) is 4.25. The molecule has 0 spiro atoms. The summed E-state index contributed by atoms with van der Waals surface area (Å²) >= 11 is 1.59. The Morgan fingerprint density at radius 1 is 1.29 bits per heavy atom. The number of amides is 1. The summed E-state index contributed by atoms with van der Waals surface area (Å²) < 4.78 is 0. The Balaban J connectivity index is 1.77. The summed E-state index contributed by atoms with van der Waals surface area (Å²) in [5, 5.41) is 3.53. The van der Waals surface area contributed by atoms with Crippen molar-refractivity contribution in [3.63, 3.8) is 0 Å². The van der Waals surface area contributed by atoms with Gasteiger partial charge in [0, 0.05) is 22.8 Å². The van der Waals surface area contributed by atoms with E-state index in [0.29, 0.717) is 10.7 Å². The van der Waals surface area contributed by atoms with Gasteiger partial charge < -0.3 is 0 Å². The van der Waals surface area contributed by atoms with Gasteiger partial charge in [0.1, 0.15) is 0 Å². The molecule has 0 aliphatic heterocycles. The van der Waals surface area contributed by atoms with Gasteiger partial charge in [0.05, 0.1) is 5.69 Å². The minimum atomic E-state index is -0.125. The van der Waals surface area contributed by atoms with Crippen molar-refractivity contribution in [3.8, 4) is 0 Å². The second-order valence-corrected chi connectivity index (χ2v) is 5.02. The Morgan fingerprint density at radius 2 is 2.12 bits per heavy atom. The lowest BCUT2D eigenvalue weighted by molar-refractivity contribution is 0.102. The number of carbonyl (C=O) groups excluding carboxylic acids is 1. The molecule has 0 saturated carbocycles. The van der Waals surface area contributed by atoms with Gasteiger partial charge in [0.25, 0.3) is 5.91 Å². The quantitative estimate of drug-likeness (QED) is 0.883. The summed E-state index contributed by atoms with van der Waals surface area (Å²) in [6.45, 7) is 0. The van der Waals surface area contributed by atoms with Crippen LogP contribution in [0.25, 0.3) is 0 Å². The number of nitrogens with one attached hydrogen (secondary N) is 1. The summed E-state index contributed by atoms with van der Waals surface area (Å²) in [4.78, 5) is 21.5. The maximum Gasteiger partial charge on any atom is 0.257 e. The van der Waals surface area contributed by atoms with E-state index in [-0.39, 0.29) is 5.91 Å². The van der Waals surface area contributed by atoms with Gasteiger partial charge in [-0.3, -0.25) is 15.1 Å². The van der Waals surface area contributed by atoms with Crippen LogP contribution in [0.15, 0.2) is 24.5 Å². The molecule has 0 radical (unpaired) electrons. The maximum absolute atomic E-state index is 11.9. The van der Waals surface area contributed by atoms with Crippen molar-refractivity contribution < 1.29 is 4.79 Å². The van der Waals surface area contributed by atoms with Gasteiger partial charge >= 0.3 is 0 Å². The predicted octanol–water partition coefficient (Wildman–Crippen LogP) is 2.28. The van der Waals surface area contributed by atoms with Gasteiger partial charge in [-0.2, -0.15) is 0 Å². The highest BCUT2D eigenvalue weighted by Gasteiger charge is 2.17. The number of anilines is 1. The molecule has 2 heterocycles. The normalized spacial score (nSPS) is 13.4. The molecule has 1 amide bonds. The Morgan fingerprint density at radius 3 is 2.88 bits per heavy atom. The highest BCUT2D eigenvalue weighted by Crippen LogP contribution is 2.30. The van der Waals surface area contributed by atoms with E-state index in [9.17, 15) is 4.79 Å². The highest BCUT2D eigenvalue weighted by molar-refractivity contribution is 7.15. The smallest absolute Gasteiger partial charge is 0.257 e. The van der Waals surface area contributed by atoms with Crippen molar-refractivity contribution in [3.05, 3.63) is 40.7 Å². The molecule has 4 nitrogen and oxygen atoms in total. The van der Waals surface area contributed by atoms with Crippen LogP contribution in [0.5, 0.6) is 0 Å². The number of fused-ring (bicyclic) bond motifs is 1. The number of pyridine rings is 1. The third-order valence-corrected chi connectivity index (χ3v) is 3.83. The van der Waals surface area contributed by atoms with E-state index in [1.807, 2.05) is 0 Å². The Kier molecular flexibility index (Phi) is 2.60. The number of aromatic nitrogens is 2. The molecule has 0 unspecified atom stereocenters. The molecular weight excluding hydrogens is 234 g/mol. The first-order valence-electron chi connectivity index (χ1n) is 5.53. The summed E-state index contributed by atoms with van der Waals surface area (Å²) in [6, 6.07) is 3.38. The molecule has 1 N–H and O–H groups in total. The highest BCUT2D eigenvalue weighted by atomic mass is 32.1. The SMILES string of the molecule is O=C(Nc1nc2c(s1)CCC2)c1ccncc1.